The fourth-order valence-electron chi connectivity index (χ4n) is 3.11. The Bertz CT molecular complexity index is 670. The molecular weight excluding hydrogens is 358 g/mol. The molecule has 1 aliphatic heterocycles. The number of hydrogen-bond donors (Lipinski definition) is 1. The average molecular weight is 382 g/mol. The highest BCUT2D eigenvalue weighted by Gasteiger charge is 2.28. The number of likely N-dealkylation sites (tertiary alicyclic amines) is 1. The predicted molar refractivity (Wildman–Crippen MR) is 101 cm³/mol. The van der Waals surface area contributed by atoms with Crippen LogP contribution in [0.2, 0.25) is 5.02 Å². The van der Waals surface area contributed by atoms with Crippen LogP contribution in [0.4, 0.5) is 5.69 Å². The largest absolute Gasteiger partial charge is 0.495 e. The summed E-state index contributed by atoms with van der Waals surface area (Å²) in [6, 6.07) is 5.25. The molecule has 2 rings (SSSR count). The maximum atomic E-state index is 12.3. The average Bonchev–Trinajstić information content (AvgIpc) is 2.59. The lowest BCUT2D eigenvalue weighted by atomic mass is 9.97. The second-order valence-electron chi connectivity index (χ2n) is 6.27. The van der Waals surface area contributed by atoms with Crippen LogP contribution in [0.15, 0.2) is 23.4 Å². The molecule has 0 radical (unpaired) electrons. The molecule has 142 valence electrons. The van der Waals surface area contributed by atoms with Crippen molar-refractivity contribution >= 4 is 35.3 Å². The number of rotatable bonds is 6. The van der Waals surface area contributed by atoms with Crippen LogP contribution in [0.25, 0.3) is 0 Å². The molecule has 0 aromatic heterocycles. The lowest BCUT2D eigenvalue weighted by molar-refractivity contribution is -0.142. The van der Waals surface area contributed by atoms with Crippen molar-refractivity contribution in [3.05, 3.63) is 23.2 Å². The molecular formula is C18H24ClN3O4. The van der Waals surface area contributed by atoms with Crippen LogP contribution in [0.5, 0.6) is 5.75 Å². The Labute approximate surface area is 158 Å². The van der Waals surface area contributed by atoms with Crippen molar-refractivity contribution in [2.75, 3.05) is 19.0 Å². The summed E-state index contributed by atoms with van der Waals surface area (Å²) in [4.78, 5) is 31.0. The Morgan fingerprint density at radius 1 is 1.35 bits per heavy atom. The molecule has 0 bridgehead atoms. The van der Waals surface area contributed by atoms with Gasteiger partial charge in [0.15, 0.2) is 6.61 Å². The summed E-state index contributed by atoms with van der Waals surface area (Å²) in [7, 11) is 1.49. The summed E-state index contributed by atoms with van der Waals surface area (Å²) in [5.41, 5.74) is 0.420. The summed E-state index contributed by atoms with van der Waals surface area (Å²) in [6.45, 7) is 3.87. The first-order valence-electron chi connectivity index (χ1n) is 8.53. The van der Waals surface area contributed by atoms with Crippen LogP contribution < -0.4 is 10.1 Å². The van der Waals surface area contributed by atoms with Gasteiger partial charge in [0, 0.05) is 17.1 Å². The minimum Gasteiger partial charge on any atom is -0.495 e. The molecule has 7 nitrogen and oxygen atoms in total. The van der Waals surface area contributed by atoms with Gasteiger partial charge in [0.1, 0.15) is 12.0 Å². The number of nitrogens with one attached hydrogen (secondary N) is 1. The molecule has 26 heavy (non-hydrogen) atoms. The molecule has 8 heteroatoms. The van der Waals surface area contributed by atoms with Crippen LogP contribution in [0.3, 0.4) is 0 Å². The Morgan fingerprint density at radius 3 is 2.69 bits per heavy atom. The van der Waals surface area contributed by atoms with E-state index in [0.29, 0.717) is 16.5 Å². The highest BCUT2D eigenvalue weighted by Crippen LogP contribution is 2.27. The molecule has 0 saturated carbocycles. The van der Waals surface area contributed by atoms with E-state index in [9.17, 15) is 9.59 Å². The Balaban J connectivity index is 1.84. The molecule has 1 aromatic rings. The van der Waals surface area contributed by atoms with Crippen molar-refractivity contribution in [2.24, 2.45) is 5.16 Å². The number of ether oxygens (including phenoxy) is 1. The van der Waals surface area contributed by atoms with Gasteiger partial charge in [-0.25, -0.2) is 0 Å². The van der Waals surface area contributed by atoms with Crippen LogP contribution in [-0.2, 0) is 14.4 Å². The fraction of sp³-hybridized carbons (Fsp3) is 0.500. The zero-order valence-corrected chi connectivity index (χ0v) is 16.0. The maximum Gasteiger partial charge on any atom is 0.270 e. The van der Waals surface area contributed by atoms with E-state index < -0.39 is 5.91 Å². The van der Waals surface area contributed by atoms with Crippen LogP contribution in [-0.4, -0.2) is 48.7 Å². The van der Waals surface area contributed by atoms with Gasteiger partial charge in [-0.15, -0.1) is 0 Å². The molecule has 0 unspecified atom stereocenters. The van der Waals surface area contributed by atoms with Crippen molar-refractivity contribution in [3.63, 3.8) is 0 Å². The van der Waals surface area contributed by atoms with E-state index in [2.05, 4.69) is 10.5 Å². The second-order valence-corrected chi connectivity index (χ2v) is 6.71. The van der Waals surface area contributed by atoms with E-state index in [1.165, 1.54) is 7.11 Å². The third-order valence-electron chi connectivity index (χ3n) is 4.33. The predicted octanol–water partition coefficient (Wildman–Crippen LogP) is 3.08. The van der Waals surface area contributed by atoms with E-state index in [-0.39, 0.29) is 24.6 Å². The van der Waals surface area contributed by atoms with E-state index in [1.807, 2.05) is 18.7 Å². The van der Waals surface area contributed by atoms with Crippen molar-refractivity contribution in [1.29, 1.82) is 0 Å². The topological polar surface area (TPSA) is 80.2 Å². The molecule has 1 heterocycles. The number of hydrogen-bond acceptors (Lipinski definition) is 5. The number of carbonyl (C=O) groups is 2. The molecule has 1 N–H and O–H groups in total. The number of anilines is 1. The molecule has 1 fully saturated rings. The summed E-state index contributed by atoms with van der Waals surface area (Å²) in [6.07, 6.45) is 4.07. The lowest BCUT2D eigenvalue weighted by Crippen LogP contribution is -2.48. The second kappa shape index (κ2) is 9.43. The van der Waals surface area contributed by atoms with Crippen LogP contribution in [0.1, 0.15) is 33.1 Å². The number of benzene rings is 1. The minimum atomic E-state index is -0.516. The molecule has 1 aliphatic rings. The first-order chi connectivity index (χ1) is 12.4. The van der Waals surface area contributed by atoms with Gasteiger partial charge in [0.05, 0.1) is 12.8 Å². The van der Waals surface area contributed by atoms with Crippen molar-refractivity contribution in [2.45, 2.75) is 45.2 Å². The Kier molecular flexibility index (Phi) is 7.26. The van der Waals surface area contributed by atoms with E-state index >= 15 is 0 Å². The van der Waals surface area contributed by atoms with Gasteiger partial charge >= 0.3 is 0 Å². The van der Waals surface area contributed by atoms with Gasteiger partial charge in [-0.1, -0.05) is 16.8 Å². The summed E-state index contributed by atoms with van der Waals surface area (Å²) in [5.74, 6) is -0.170. The molecule has 2 atom stereocenters. The van der Waals surface area contributed by atoms with E-state index in [1.54, 1.807) is 18.2 Å². The molecule has 0 aliphatic carbocycles. The minimum absolute atomic E-state index is 0.126. The van der Waals surface area contributed by atoms with Gasteiger partial charge in [-0.2, -0.15) is 0 Å². The standard InChI is InChI=1S/C18H24ClN3O4/c1-12-5-4-6-13(2)22(12)18(24)11-26-20-10-17(23)21-15-9-14(19)7-8-16(15)25-3/h7-10,12-13H,4-6,11H2,1-3H3,(H,21,23)/b20-10-/t12-,13+. The zero-order chi connectivity index (χ0) is 19.1. The first kappa shape index (κ1) is 20.0. The highest BCUT2D eigenvalue weighted by molar-refractivity contribution is 6.33. The molecule has 1 aromatic carbocycles. The van der Waals surface area contributed by atoms with Crippen LogP contribution in [0, 0.1) is 0 Å². The lowest BCUT2D eigenvalue weighted by Gasteiger charge is -2.38. The van der Waals surface area contributed by atoms with Gasteiger partial charge in [0.2, 0.25) is 0 Å². The monoisotopic (exact) mass is 381 g/mol. The van der Waals surface area contributed by atoms with E-state index in [0.717, 1.165) is 25.5 Å². The number of carbonyl (C=O) groups excluding carboxylic acids is 2. The van der Waals surface area contributed by atoms with Crippen molar-refractivity contribution in [3.8, 4) is 5.75 Å². The maximum absolute atomic E-state index is 12.3. The molecule has 0 spiro atoms. The number of piperidine rings is 1. The Morgan fingerprint density at radius 2 is 2.04 bits per heavy atom. The number of halogens is 1. The fourth-order valence-corrected chi connectivity index (χ4v) is 3.28. The van der Waals surface area contributed by atoms with Gasteiger partial charge < -0.3 is 19.8 Å². The highest BCUT2D eigenvalue weighted by atomic mass is 35.5. The Hall–Kier alpha value is -2.28. The zero-order valence-electron chi connectivity index (χ0n) is 15.2. The number of oxime groups is 1. The van der Waals surface area contributed by atoms with Crippen molar-refractivity contribution < 1.29 is 19.2 Å². The summed E-state index contributed by atoms with van der Waals surface area (Å²) >= 11 is 5.91. The smallest absolute Gasteiger partial charge is 0.270 e. The quantitative estimate of drug-likeness (QED) is 0.606. The number of methoxy groups -OCH3 is 1. The summed E-state index contributed by atoms with van der Waals surface area (Å²) < 4.78 is 5.15. The SMILES string of the molecule is COc1ccc(Cl)cc1NC(=O)/C=N\OCC(=O)N1[C@H](C)CCC[C@@H]1C. The first-order valence-corrected chi connectivity index (χ1v) is 8.91. The summed E-state index contributed by atoms with van der Waals surface area (Å²) in [5, 5.41) is 6.63. The van der Waals surface area contributed by atoms with E-state index in [4.69, 9.17) is 21.2 Å². The number of amides is 2. The third-order valence-corrected chi connectivity index (χ3v) is 4.57. The van der Waals surface area contributed by atoms with Gasteiger partial charge in [0.25, 0.3) is 11.8 Å². The normalized spacial score (nSPS) is 20.1. The molecule has 2 amide bonds. The third kappa shape index (κ3) is 5.36. The van der Waals surface area contributed by atoms with Gasteiger partial charge in [-0.05, 0) is 51.3 Å². The van der Waals surface area contributed by atoms with Gasteiger partial charge in [-0.3, -0.25) is 9.59 Å². The number of nitrogens with zero attached hydrogens (tertiary/aromatic N) is 2. The van der Waals surface area contributed by atoms with Crippen molar-refractivity contribution in [1.82, 2.24) is 4.90 Å². The molecule has 1 saturated heterocycles. The van der Waals surface area contributed by atoms with Crippen LogP contribution >= 0.6 is 11.6 Å².